The Hall–Kier alpha value is -2.18. The van der Waals surface area contributed by atoms with Gasteiger partial charge >= 0.3 is 0 Å². The third-order valence-corrected chi connectivity index (χ3v) is 4.42. The number of benzene rings is 2. The van der Waals surface area contributed by atoms with Crippen LogP contribution in [0.1, 0.15) is 5.56 Å². The number of anilines is 1. The Morgan fingerprint density at radius 2 is 1.96 bits per heavy atom. The molecule has 0 unspecified atom stereocenters. The molecule has 2 aromatic carbocycles. The molecule has 0 fully saturated rings. The molecule has 0 aliphatic heterocycles. The molecule has 3 rings (SSSR count). The number of halogens is 1. The van der Waals surface area contributed by atoms with E-state index in [0.717, 1.165) is 32.2 Å². The molecule has 1 heterocycles. The quantitative estimate of drug-likeness (QED) is 0.493. The van der Waals surface area contributed by atoms with E-state index in [1.54, 1.807) is 13.3 Å². The van der Waals surface area contributed by atoms with E-state index in [4.69, 9.17) is 4.74 Å². The second-order valence-corrected chi connectivity index (χ2v) is 6.43. The van der Waals surface area contributed by atoms with Crippen LogP contribution in [0.15, 0.2) is 63.5 Å². The lowest BCUT2D eigenvalue weighted by atomic mass is 10.2. The second-order valence-electron chi connectivity index (χ2n) is 4.66. The van der Waals surface area contributed by atoms with Gasteiger partial charge in [0.15, 0.2) is 0 Å². The van der Waals surface area contributed by atoms with E-state index in [1.807, 2.05) is 53.9 Å². The summed E-state index contributed by atoms with van der Waals surface area (Å²) in [4.78, 5) is 4.53. The molecule has 0 amide bonds. The monoisotopic (exact) mass is 387 g/mol. The molecule has 0 aliphatic carbocycles. The maximum Gasteiger partial charge on any atom is 0.203 e. The van der Waals surface area contributed by atoms with E-state index in [0.29, 0.717) is 0 Å². The van der Waals surface area contributed by atoms with Crippen molar-refractivity contribution in [3.8, 4) is 17.0 Å². The van der Waals surface area contributed by atoms with Gasteiger partial charge in [-0.2, -0.15) is 5.10 Å². The summed E-state index contributed by atoms with van der Waals surface area (Å²) in [5.41, 5.74) is 5.87. The molecule has 0 radical (unpaired) electrons. The van der Waals surface area contributed by atoms with Gasteiger partial charge in [-0.1, -0.05) is 40.2 Å². The molecule has 0 spiro atoms. The van der Waals surface area contributed by atoms with Gasteiger partial charge in [-0.05, 0) is 24.3 Å². The van der Waals surface area contributed by atoms with Crippen LogP contribution in [0.25, 0.3) is 11.3 Å². The molecule has 6 heteroatoms. The van der Waals surface area contributed by atoms with Gasteiger partial charge in [0.2, 0.25) is 5.13 Å². The van der Waals surface area contributed by atoms with Gasteiger partial charge in [0.05, 0.1) is 19.0 Å². The molecule has 3 aromatic rings. The van der Waals surface area contributed by atoms with Crippen molar-refractivity contribution in [2.24, 2.45) is 5.10 Å². The summed E-state index contributed by atoms with van der Waals surface area (Å²) in [5.74, 6) is 0.785. The summed E-state index contributed by atoms with van der Waals surface area (Å²) in [5, 5.41) is 6.98. The average molecular weight is 388 g/mol. The summed E-state index contributed by atoms with van der Waals surface area (Å²) < 4.78 is 6.34. The van der Waals surface area contributed by atoms with Crippen LogP contribution in [0.2, 0.25) is 0 Å². The smallest absolute Gasteiger partial charge is 0.203 e. The lowest BCUT2D eigenvalue weighted by Crippen LogP contribution is -1.93. The molecule has 1 N–H and O–H groups in total. The van der Waals surface area contributed by atoms with E-state index >= 15 is 0 Å². The molecule has 0 bridgehead atoms. The maximum absolute atomic E-state index is 5.28. The number of thiazole rings is 1. The van der Waals surface area contributed by atoms with Crippen molar-refractivity contribution in [1.82, 2.24) is 4.98 Å². The zero-order chi connectivity index (χ0) is 16.1. The number of rotatable bonds is 5. The Balaban J connectivity index is 1.70. The van der Waals surface area contributed by atoms with E-state index in [1.165, 1.54) is 11.3 Å². The van der Waals surface area contributed by atoms with Crippen molar-refractivity contribution in [2.75, 3.05) is 12.5 Å². The molecule has 0 aliphatic rings. The predicted molar refractivity (Wildman–Crippen MR) is 99.5 cm³/mol. The van der Waals surface area contributed by atoms with Crippen LogP contribution >= 0.6 is 27.3 Å². The van der Waals surface area contributed by atoms with Gasteiger partial charge in [-0.25, -0.2) is 4.98 Å². The first-order valence-electron chi connectivity index (χ1n) is 6.90. The summed E-state index contributed by atoms with van der Waals surface area (Å²) in [6, 6.07) is 15.8. The van der Waals surface area contributed by atoms with Gasteiger partial charge in [-0.15, -0.1) is 11.3 Å². The first-order valence-corrected chi connectivity index (χ1v) is 8.57. The molecular weight excluding hydrogens is 374 g/mol. The number of hydrogen-bond acceptors (Lipinski definition) is 5. The van der Waals surface area contributed by atoms with Crippen LogP contribution in [0.4, 0.5) is 5.13 Å². The first kappa shape index (κ1) is 15.7. The average Bonchev–Trinajstić information content (AvgIpc) is 3.05. The van der Waals surface area contributed by atoms with Crippen molar-refractivity contribution in [3.63, 3.8) is 0 Å². The van der Waals surface area contributed by atoms with E-state index in [-0.39, 0.29) is 0 Å². The van der Waals surface area contributed by atoms with Crippen LogP contribution in [0.5, 0.6) is 5.75 Å². The predicted octanol–water partition coefficient (Wildman–Crippen LogP) is 5.03. The SMILES string of the molecule is COc1ccccc1C=NNc1nc(-c2ccc(Br)cc2)cs1. The molecule has 23 heavy (non-hydrogen) atoms. The number of nitrogens with zero attached hydrogens (tertiary/aromatic N) is 2. The number of hydrogen-bond donors (Lipinski definition) is 1. The van der Waals surface area contributed by atoms with Crippen molar-refractivity contribution in [2.45, 2.75) is 0 Å². The minimum Gasteiger partial charge on any atom is -0.496 e. The van der Waals surface area contributed by atoms with Crippen molar-refractivity contribution < 1.29 is 4.74 Å². The van der Waals surface area contributed by atoms with Crippen LogP contribution in [0.3, 0.4) is 0 Å². The van der Waals surface area contributed by atoms with Crippen molar-refractivity contribution in [3.05, 3.63) is 63.9 Å². The van der Waals surface area contributed by atoms with Crippen molar-refractivity contribution in [1.29, 1.82) is 0 Å². The summed E-state index contributed by atoms with van der Waals surface area (Å²) in [6.45, 7) is 0. The number of methoxy groups -OCH3 is 1. The lowest BCUT2D eigenvalue weighted by Gasteiger charge is -2.02. The summed E-state index contributed by atoms with van der Waals surface area (Å²) in [6.07, 6.45) is 1.72. The highest BCUT2D eigenvalue weighted by molar-refractivity contribution is 9.10. The zero-order valence-corrected chi connectivity index (χ0v) is 14.8. The molecule has 0 atom stereocenters. The molecule has 4 nitrogen and oxygen atoms in total. The number of aromatic nitrogens is 1. The highest BCUT2D eigenvalue weighted by Crippen LogP contribution is 2.26. The highest BCUT2D eigenvalue weighted by Gasteiger charge is 2.04. The van der Waals surface area contributed by atoms with Crippen LogP contribution in [-0.2, 0) is 0 Å². The summed E-state index contributed by atoms with van der Waals surface area (Å²) in [7, 11) is 1.64. The topological polar surface area (TPSA) is 46.5 Å². The minimum atomic E-state index is 0.745. The zero-order valence-electron chi connectivity index (χ0n) is 12.4. The van der Waals surface area contributed by atoms with Crippen molar-refractivity contribution >= 4 is 38.6 Å². The first-order chi connectivity index (χ1) is 11.3. The standard InChI is InChI=1S/C17H14BrN3OS/c1-22-16-5-3-2-4-13(16)10-19-21-17-20-15(11-23-17)12-6-8-14(18)9-7-12/h2-11H,1H3,(H,20,21). The van der Waals surface area contributed by atoms with Crippen LogP contribution in [0, 0.1) is 0 Å². The Labute approximate surface area is 147 Å². The van der Waals surface area contributed by atoms with E-state index in [2.05, 4.69) is 31.4 Å². The normalized spacial score (nSPS) is 10.9. The largest absolute Gasteiger partial charge is 0.496 e. The minimum absolute atomic E-state index is 0.745. The highest BCUT2D eigenvalue weighted by atomic mass is 79.9. The van der Waals surface area contributed by atoms with E-state index < -0.39 is 0 Å². The maximum atomic E-state index is 5.28. The van der Waals surface area contributed by atoms with Gasteiger partial charge in [0.25, 0.3) is 0 Å². The molecule has 1 aromatic heterocycles. The second kappa shape index (κ2) is 7.39. The fourth-order valence-corrected chi connectivity index (χ4v) is 2.94. The number of ether oxygens (including phenoxy) is 1. The molecule has 0 saturated carbocycles. The fraction of sp³-hybridized carbons (Fsp3) is 0.0588. The number of para-hydroxylation sites is 1. The van der Waals surface area contributed by atoms with Crippen LogP contribution < -0.4 is 10.2 Å². The molecular formula is C17H14BrN3OS. The van der Waals surface area contributed by atoms with E-state index in [9.17, 15) is 0 Å². The lowest BCUT2D eigenvalue weighted by molar-refractivity contribution is 0.414. The van der Waals surface area contributed by atoms with Gasteiger partial charge < -0.3 is 4.74 Å². The summed E-state index contributed by atoms with van der Waals surface area (Å²) >= 11 is 4.95. The van der Waals surface area contributed by atoms with Gasteiger partial charge in [-0.3, -0.25) is 5.43 Å². The molecule has 116 valence electrons. The third kappa shape index (κ3) is 3.97. The number of hydrazone groups is 1. The van der Waals surface area contributed by atoms with Gasteiger partial charge in [0.1, 0.15) is 5.75 Å². The Morgan fingerprint density at radius 3 is 2.74 bits per heavy atom. The third-order valence-electron chi connectivity index (χ3n) is 3.15. The van der Waals surface area contributed by atoms with Gasteiger partial charge in [0, 0.05) is 21.0 Å². The molecule has 0 saturated heterocycles. The fourth-order valence-electron chi connectivity index (χ4n) is 2.01. The Kier molecular flexibility index (Phi) is 5.05. The van der Waals surface area contributed by atoms with Crippen LogP contribution in [-0.4, -0.2) is 18.3 Å². The Bertz CT molecular complexity index is 815. The Morgan fingerprint density at radius 1 is 1.17 bits per heavy atom. The number of nitrogens with one attached hydrogen (secondary N) is 1.